The van der Waals surface area contributed by atoms with Crippen LogP contribution < -0.4 is 0 Å². The average Bonchev–Trinajstić information content (AvgIpc) is 3.49. The summed E-state index contributed by atoms with van der Waals surface area (Å²) in [5.41, 5.74) is 9.71. The minimum Gasteiger partial charge on any atom is -0.455 e. The van der Waals surface area contributed by atoms with Gasteiger partial charge in [-0.25, -0.2) is 0 Å². The van der Waals surface area contributed by atoms with Gasteiger partial charge < -0.3 is 4.42 Å². The van der Waals surface area contributed by atoms with Crippen LogP contribution in [0.2, 0.25) is 0 Å². The van der Waals surface area contributed by atoms with Gasteiger partial charge in [0.15, 0.2) is 0 Å². The van der Waals surface area contributed by atoms with E-state index < -0.39 is 0 Å². The molecule has 0 fully saturated rings. The molecule has 1 heteroatoms. The summed E-state index contributed by atoms with van der Waals surface area (Å²) in [4.78, 5) is 0. The molecule has 1 aliphatic rings. The largest absolute Gasteiger partial charge is 0.455 e. The lowest BCUT2D eigenvalue weighted by molar-refractivity contribution is 0.661. The van der Waals surface area contributed by atoms with Crippen molar-refractivity contribution in [2.75, 3.05) is 0 Å². The van der Waals surface area contributed by atoms with E-state index >= 15 is 0 Å². The molecular formula is C39H26O. The lowest BCUT2D eigenvalue weighted by Crippen LogP contribution is -2.14. The molecule has 7 aromatic carbocycles. The molecule has 0 amide bonds. The van der Waals surface area contributed by atoms with E-state index in [9.17, 15) is 0 Å². The SMILES string of the molecule is CC1(C)c2ccccc2-c2cc3c4ccccc4c4cc(-c5cccc6c5oc5ccccc56)ccc4c3cc21. The summed E-state index contributed by atoms with van der Waals surface area (Å²) in [7, 11) is 0. The van der Waals surface area contributed by atoms with Crippen LogP contribution in [0.1, 0.15) is 25.0 Å². The van der Waals surface area contributed by atoms with Crippen LogP contribution in [0.3, 0.4) is 0 Å². The molecule has 1 nitrogen and oxygen atoms in total. The van der Waals surface area contributed by atoms with Crippen LogP contribution in [0.15, 0.2) is 126 Å². The molecule has 1 aliphatic carbocycles. The highest BCUT2D eigenvalue weighted by atomic mass is 16.3. The minimum atomic E-state index is -0.0328. The van der Waals surface area contributed by atoms with Gasteiger partial charge in [0.2, 0.25) is 0 Å². The summed E-state index contributed by atoms with van der Waals surface area (Å²) in [5, 5.41) is 10.1. The van der Waals surface area contributed by atoms with E-state index in [0.717, 1.165) is 27.5 Å². The zero-order valence-electron chi connectivity index (χ0n) is 22.5. The molecule has 1 aromatic heterocycles. The highest BCUT2D eigenvalue weighted by Gasteiger charge is 2.35. The number of hydrogen-bond acceptors (Lipinski definition) is 1. The van der Waals surface area contributed by atoms with Crippen LogP contribution in [0.4, 0.5) is 0 Å². The van der Waals surface area contributed by atoms with Crippen molar-refractivity contribution >= 4 is 54.3 Å². The highest BCUT2D eigenvalue weighted by molar-refractivity contribution is 6.27. The van der Waals surface area contributed by atoms with E-state index in [2.05, 4.69) is 129 Å². The Morgan fingerprint density at radius 2 is 1.05 bits per heavy atom. The van der Waals surface area contributed by atoms with Gasteiger partial charge in [0.05, 0.1) is 0 Å². The van der Waals surface area contributed by atoms with Crippen molar-refractivity contribution in [1.82, 2.24) is 0 Å². The average molecular weight is 511 g/mol. The zero-order valence-corrected chi connectivity index (χ0v) is 22.5. The molecule has 0 bridgehead atoms. The van der Waals surface area contributed by atoms with Gasteiger partial charge in [-0.1, -0.05) is 111 Å². The topological polar surface area (TPSA) is 13.1 Å². The second-order valence-corrected chi connectivity index (χ2v) is 11.7. The molecule has 0 radical (unpaired) electrons. The van der Waals surface area contributed by atoms with Crippen molar-refractivity contribution < 1.29 is 4.42 Å². The van der Waals surface area contributed by atoms with Gasteiger partial charge in [-0.05, 0) is 84.4 Å². The summed E-state index contributed by atoms with van der Waals surface area (Å²) in [6.45, 7) is 4.72. The van der Waals surface area contributed by atoms with Crippen molar-refractivity contribution in [3.05, 3.63) is 132 Å². The van der Waals surface area contributed by atoms with Gasteiger partial charge in [0, 0.05) is 21.8 Å². The minimum absolute atomic E-state index is 0.0328. The first-order valence-corrected chi connectivity index (χ1v) is 14.0. The summed E-state index contributed by atoms with van der Waals surface area (Å²) in [5.74, 6) is 0. The number of para-hydroxylation sites is 2. The molecule has 0 aliphatic heterocycles. The monoisotopic (exact) mass is 510 g/mol. The molecule has 0 saturated carbocycles. The summed E-state index contributed by atoms with van der Waals surface area (Å²) in [6.07, 6.45) is 0. The molecular weight excluding hydrogens is 484 g/mol. The van der Waals surface area contributed by atoms with Crippen LogP contribution in [0.5, 0.6) is 0 Å². The lowest BCUT2D eigenvalue weighted by Gasteiger charge is -2.22. The Kier molecular flexibility index (Phi) is 4.18. The van der Waals surface area contributed by atoms with Crippen molar-refractivity contribution in [2.45, 2.75) is 19.3 Å². The Bertz CT molecular complexity index is 2350. The Labute approximate surface area is 232 Å². The maximum absolute atomic E-state index is 6.41. The molecule has 0 atom stereocenters. The molecule has 0 spiro atoms. The smallest absolute Gasteiger partial charge is 0.143 e. The Balaban J connectivity index is 1.37. The Morgan fingerprint density at radius 1 is 0.425 bits per heavy atom. The van der Waals surface area contributed by atoms with Gasteiger partial charge in [0.25, 0.3) is 0 Å². The van der Waals surface area contributed by atoms with Gasteiger partial charge in [0.1, 0.15) is 11.2 Å². The predicted octanol–water partition coefficient (Wildman–Crippen LogP) is 11.0. The van der Waals surface area contributed by atoms with Gasteiger partial charge in [-0.3, -0.25) is 0 Å². The van der Waals surface area contributed by atoms with E-state index in [4.69, 9.17) is 4.42 Å². The number of furan rings is 1. The molecule has 40 heavy (non-hydrogen) atoms. The van der Waals surface area contributed by atoms with E-state index in [-0.39, 0.29) is 5.41 Å². The first kappa shape index (κ1) is 22.0. The predicted molar refractivity (Wildman–Crippen MR) is 169 cm³/mol. The third-order valence-corrected chi connectivity index (χ3v) is 9.25. The van der Waals surface area contributed by atoms with Crippen LogP contribution in [0, 0.1) is 0 Å². The van der Waals surface area contributed by atoms with Gasteiger partial charge >= 0.3 is 0 Å². The van der Waals surface area contributed by atoms with Crippen molar-refractivity contribution in [3.63, 3.8) is 0 Å². The van der Waals surface area contributed by atoms with Gasteiger partial charge in [-0.15, -0.1) is 0 Å². The highest BCUT2D eigenvalue weighted by Crippen LogP contribution is 2.51. The normalized spacial score (nSPS) is 13.9. The fourth-order valence-corrected chi connectivity index (χ4v) is 7.29. The Morgan fingerprint density at radius 3 is 1.90 bits per heavy atom. The second-order valence-electron chi connectivity index (χ2n) is 11.7. The fourth-order valence-electron chi connectivity index (χ4n) is 7.29. The molecule has 1 heterocycles. The molecule has 0 unspecified atom stereocenters. The van der Waals surface area contributed by atoms with Crippen LogP contribution >= 0.6 is 0 Å². The van der Waals surface area contributed by atoms with Crippen LogP contribution in [0.25, 0.3) is 76.5 Å². The Hall–Kier alpha value is -4.88. The lowest BCUT2D eigenvalue weighted by atomic mass is 9.81. The molecule has 188 valence electrons. The molecule has 0 saturated heterocycles. The zero-order chi connectivity index (χ0) is 26.6. The summed E-state index contributed by atoms with van der Waals surface area (Å²) in [6, 6.07) is 44.5. The molecule has 9 rings (SSSR count). The first-order chi connectivity index (χ1) is 19.6. The molecule has 8 aromatic rings. The summed E-state index contributed by atoms with van der Waals surface area (Å²) >= 11 is 0. The van der Waals surface area contributed by atoms with Gasteiger partial charge in [-0.2, -0.15) is 0 Å². The van der Waals surface area contributed by atoms with Crippen molar-refractivity contribution in [3.8, 4) is 22.3 Å². The summed E-state index contributed by atoms with van der Waals surface area (Å²) < 4.78 is 6.41. The fraction of sp³-hybridized carbons (Fsp3) is 0.0769. The van der Waals surface area contributed by atoms with E-state index in [1.807, 2.05) is 6.07 Å². The third kappa shape index (κ3) is 2.77. The first-order valence-electron chi connectivity index (χ1n) is 14.0. The van der Waals surface area contributed by atoms with E-state index in [0.29, 0.717) is 0 Å². The third-order valence-electron chi connectivity index (χ3n) is 9.25. The number of benzene rings is 7. The standard InChI is InChI=1S/C39H26O/c1-39(2)35-16-7-5-12-28(35)34-21-32-26-11-4-3-10-25(26)31-20-23(18-19-27(31)33(32)22-36(34)39)24-14-9-15-30-29-13-6-8-17-37(29)40-38(24)30/h3-22H,1-2H3. The van der Waals surface area contributed by atoms with E-state index in [1.54, 1.807) is 0 Å². The van der Waals surface area contributed by atoms with Crippen molar-refractivity contribution in [1.29, 1.82) is 0 Å². The van der Waals surface area contributed by atoms with E-state index in [1.165, 1.54) is 60.1 Å². The maximum Gasteiger partial charge on any atom is 0.143 e. The quantitative estimate of drug-likeness (QED) is 0.200. The maximum atomic E-state index is 6.41. The van der Waals surface area contributed by atoms with Crippen molar-refractivity contribution in [2.24, 2.45) is 0 Å². The molecule has 0 N–H and O–H groups in total. The van der Waals surface area contributed by atoms with Crippen LogP contribution in [-0.4, -0.2) is 0 Å². The number of rotatable bonds is 1. The van der Waals surface area contributed by atoms with Crippen LogP contribution in [-0.2, 0) is 5.41 Å². The number of hydrogen-bond donors (Lipinski definition) is 0. The number of fused-ring (bicyclic) bond motifs is 12. The second kappa shape index (κ2) is 7.61.